The number of thiophene rings is 1. The Labute approximate surface area is 180 Å². The number of methoxy groups -OCH3 is 1. The molecule has 6 heteroatoms. The van der Waals surface area contributed by atoms with Gasteiger partial charge in [0.1, 0.15) is 5.00 Å². The molecule has 0 saturated heterocycles. The summed E-state index contributed by atoms with van der Waals surface area (Å²) in [6.07, 6.45) is 4.84. The number of hydrogen-bond acceptors (Lipinski definition) is 5. The lowest BCUT2D eigenvalue weighted by atomic mass is 9.76. The zero-order valence-corrected chi connectivity index (χ0v) is 18.1. The number of aromatic nitrogens is 1. The van der Waals surface area contributed by atoms with Gasteiger partial charge in [0, 0.05) is 22.2 Å². The maximum atomic E-state index is 13.0. The summed E-state index contributed by atoms with van der Waals surface area (Å²) in [6, 6.07) is 12.4. The third-order valence-corrected chi connectivity index (χ3v) is 6.62. The molecule has 154 valence electrons. The highest BCUT2D eigenvalue weighted by Gasteiger charge is 2.31. The topological polar surface area (TPSA) is 68.3 Å². The number of esters is 1. The highest BCUT2D eigenvalue weighted by atomic mass is 32.1. The van der Waals surface area contributed by atoms with Gasteiger partial charge in [0.15, 0.2) is 0 Å². The van der Waals surface area contributed by atoms with Crippen molar-refractivity contribution in [1.82, 2.24) is 4.98 Å². The van der Waals surface area contributed by atoms with Gasteiger partial charge in [-0.25, -0.2) is 4.79 Å². The second-order valence-electron chi connectivity index (χ2n) is 8.29. The van der Waals surface area contributed by atoms with Crippen LogP contribution in [-0.2, 0) is 17.6 Å². The molecule has 30 heavy (non-hydrogen) atoms. The average molecular weight is 421 g/mol. The molecule has 3 aromatic rings. The molecular formula is C24H24N2O3S. The summed E-state index contributed by atoms with van der Waals surface area (Å²) < 4.78 is 4.76. The molecule has 0 bridgehead atoms. The number of ether oxygens (including phenoxy) is 1. The van der Waals surface area contributed by atoms with E-state index in [9.17, 15) is 9.59 Å². The fourth-order valence-corrected chi connectivity index (χ4v) is 5.37. The van der Waals surface area contributed by atoms with Crippen molar-refractivity contribution in [3.63, 3.8) is 0 Å². The zero-order valence-electron chi connectivity index (χ0n) is 17.3. The standard InChI is InChI=1S/C24H24N2O3S/c1-24(2)11-10-17-19(14-24)30-22(20(17)18-9-4-5-12-25-18)26-21(27)15-7-6-8-16(13-15)23(28)29-3/h4-9,12-13H,10-11,14H2,1-3H3,(H,26,27). The van der Waals surface area contributed by atoms with Gasteiger partial charge in [-0.3, -0.25) is 9.78 Å². The number of nitrogens with one attached hydrogen (secondary N) is 1. The van der Waals surface area contributed by atoms with Crippen molar-refractivity contribution in [2.75, 3.05) is 12.4 Å². The number of benzene rings is 1. The minimum Gasteiger partial charge on any atom is -0.465 e. The second-order valence-corrected chi connectivity index (χ2v) is 9.40. The molecule has 2 aromatic heterocycles. The van der Waals surface area contributed by atoms with E-state index < -0.39 is 5.97 Å². The Morgan fingerprint density at radius 1 is 1.13 bits per heavy atom. The first-order chi connectivity index (χ1) is 14.4. The van der Waals surface area contributed by atoms with Crippen molar-refractivity contribution >= 4 is 28.2 Å². The van der Waals surface area contributed by atoms with E-state index in [1.807, 2.05) is 18.2 Å². The number of carbonyl (C=O) groups is 2. The van der Waals surface area contributed by atoms with Crippen LogP contribution in [0.25, 0.3) is 11.3 Å². The van der Waals surface area contributed by atoms with E-state index in [2.05, 4.69) is 24.1 Å². The zero-order chi connectivity index (χ0) is 21.3. The van der Waals surface area contributed by atoms with E-state index in [0.29, 0.717) is 11.1 Å². The number of fused-ring (bicyclic) bond motifs is 1. The molecule has 1 aliphatic carbocycles. The van der Waals surface area contributed by atoms with Crippen molar-refractivity contribution in [1.29, 1.82) is 0 Å². The van der Waals surface area contributed by atoms with Crippen LogP contribution in [0, 0.1) is 5.41 Å². The summed E-state index contributed by atoms with van der Waals surface area (Å²) >= 11 is 1.63. The third-order valence-electron chi connectivity index (χ3n) is 5.48. The van der Waals surface area contributed by atoms with E-state index in [4.69, 9.17) is 4.74 Å². The molecule has 1 aromatic carbocycles. The quantitative estimate of drug-likeness (QED) is 0.577. The summed E-state index contributed by atoms with van der Waals surface area (Å²) in [4.78, 5) is 30.7. The lowest BCUT2D eigenvalue weighted by molar-refractivity contribution is 0.0600. The fourth-order valence-electron chi connectivity index (χ4n) is 3.86. The number of carbonyl (C=O) groups excluding carboxylic acids is 2. The van der Waals surface area contributed by atoms with Gasteiger partial charge in [0.25, 0.3) is 5.91 Å². The SMILES string of the molecule is COC(=O)c1cccc(C(=O)Nc2sc3c(c2-c2ccccn2)CCC(C)(C)C3)c1. The number of rotatable bonds is 4. The van der Waals surface area contributed by atoms with Gasteiger partial charge >= 0.3 is 5.97 Å². The van der Waals surface area contributed by atoms with E-state index in [-0.39, 0.29) is 11.3 Å². The molecule has 0 radical (unpaired) electrons. The molecular weight excluding hydrogens is 396 g/mol. The fraction of sp³-hybridized carbons (Fsp3) is 0.292. The lowest BCUT2D eigenvalue weighted by Gasteiger charge is -2.29. The highest BCUT2D eigenvalue weighted by Crippen LogP contribution is 2.47. The Hall–Kier alpha value is -2.99. The van der Waals surface area contributed by atoms with E-state index >= 15 is 0 Å². The van der Waals surface area contributed by atoms with Gasteiger partial charge in [0.2, 0.25) is 0 Å². The Balaban J connectivity index is 1.72. The second kappa shape index (κ2) is 8.03. The molecule has 5 nitrogen and oxygen atoms in total. The molecule has 0 fully saturated rings. The molecule has 4 rings (SSSR count). The predicted octanol–water partition coefficient (Wildman–Crippen LogP) is 5.36. The van der Waals surface area contributed by atoms with Crippen molar-refractivity contribution < 1.29 is 14.3 Å². The van der Waals surface area contributed by atoms with Crippen LogP contribution in [0.2, 0.25) is 0 Å². The Kier molecular flexibility index (Phi) is 5.43. The first kappa shape index (κ1) is 20.3. The molecule has 0 atom stereocenters. The van der Waals surface area contributed by atoms with E-state index in [0.717, 1.165) is 35.5 Å². The molecule has 2 heterocycles. The monoisotopic (exact) mass is 420 g/mol. The molecule has 1 N–H and O–H groups in total. The van der Waals surface area contributed by atoms with E-state index in [1.165, 1.54) is 17.6 Å². The summed E-state index contributed by atoms with van der Waals surface area (Å²) in [5.41, 5.74) is 4.18. The van der Waals surface area contributed by atoms with Crippen molar-refractivity contribution in [2.45, 2.75) is 33.1 Å². The lowest BCUT2D eigenvalue weighted by Crippen LogP contribution is -2.20. The maximum Gasteiger partial charge on any atom is 0.337 e. The van der Waals surface area contributed by atoms with Gasteiger partial charge in [-0.15, -0.1) is 11.3 Å². The minimum atomic E-state index is -0.465. The van der Waals surface area contributed by atoms with Gasteiger partial charge in [-0.2, -0.15) is 0 Å². The van der Waals surface area contributed by atoms with Crippen molar-refractivity contribution in [2.24, 2.45) is 5.41 Å². The van der Waals surface area contributed by atoms with Crippen LogP contribution in [0.3, 0.4) is 0 Å². The minimum absolute atomic E-state index is 0.245. The highest BCUT2D eigenvalue weighted by molar-refractivity contribution is 7.17. The Morgan fingerprint density at radius 3 is 2.67 bits per heavy atom. The number of amides is 1. The van der Waals surface area contributed by atoms with Crippen LogP contribution in [-0.4, -0.2) is 24.0 Å². The maximum absolute atomic E-state index is 13.0. The van der Waals surface area contributed by atoms with Crippen LogP contribution in [0.15, 0.2) is 48.7 Å². The molecule has 0 spiro atoms. The number of hydrogen-bond donors (Lipinski definition) is 1. The summed E-state index contributed by atoms with van der Waals surface area (Å²) in [6.45, 7) is 4.57. The van der Waals surface area contributed by atoms with Gasteiger partial charge in [0.05, 0.1) is 18.4 Å². The number of pyridine rings is 1. The molecule has 1 aliphatic rings. The van der Waals surface area contributed by atoms with Gasteiger partial charge < -0.3 is 10.1 Å². The smallest absolute Gasteiger partial charge is 0.337 e. The van der Waals surface area contributed by atoms with Crippen LogP contribution in [0.4, 0.5) is 5.00 Å². The molecule has 0 aliphatic heterocycles. The summed E-state index contributed by atoms with van der Waals surface area (Å²) in [7, 11) is 1.33. The normalized spacial score (nSPS) is 14.6. The van der Waals surface area contributed by atoms with Crippen molar-refractivity contribution in [3.8, 4) is 11.3 Å². The summed E-state index contributed by atoms with van der Waals surface area (Å²) in [5, 5.41) is 3.89. The van der Waals surface area contributed by atoms with Crippen LogP contribution < -0.4 is 5.32 Å². The largest absolute Gasteiger partial charge is 0.465 e. The van der Waals surface area contributed by atoms with Crippen LogP contribution in [0.1, 0.15) is 51.4 Å². The first-order valence-electron chi connectivity index (χ1n) is 9.93. The average Bonchev–Trinajstić information content (AvgIpc) is 3.09. The predicted molar refractivity (Wildman–Crippen MR) is 119 cm³/mol. The van der Waals surface area contributed by atoms with E-state index in [1.54, 1.807) is 41.8 Å². The number of anilines is 1. The summed E-state index contributed by atoms with van der Waals surface area (Å²) in [5.74, 6) is -0.719. The van der Waals surface area contributed by atoms with Crippen LogP contribution in [0.5, 0.6) is 0 Å². The van der Waals surface area contributed by atoms with Gasteiger partial charge in [-0.05, 0) is 60.6 Å². The molecule has 1 amide bonds. The third kappa shape index (κ3) is 4.00. The van der Waals surface area contributed by atoms with Crippen LogP contribution >= 0.6 is 11.3 Å². The number of nitrogens with zero attached hydrogens (tertiary/aromatic N) is 1. The molecule has 0 saturated carbocycles. The first-order valence-corrected chi connectivity index (χ1v) is 10.8. The van der Waals surface area contributed by atoms with Crippen molar-refractivity contribution in [3.05, 3.63) is 70.2 Å². The Bertz CT molecular complexity index is 1100. The van der Waals surface area contributed by atoms with Gasteiger partial charge in [-0.1, -0.05) is 26.0 Å². The Morgan fingerprint density at radius 2 is 1.93 bits per heavy atom. The molecule has 0 unspecified atom stereocenters.